The molecule has 2 amide bonds. The van der Waals surface area contributed by atoms with Crippen molar-refractivity contribution in [3.05, 3.63) is 0 Å². The minimum absolute atomic E-state index is 0.173. The van der Waals surface area contributed by atoms with Gasteiger partial charge in [0.25, 0.3) is 0 Å². The van der Waals surface area contributed by atoms with E-state index in [2.05, 4.69) is 35.1 Å². The molecule has 0 rings (SSSR count). The van der Waals surface area contributed by atoms with Crippen LogP contribution < -0.4 is 21.3 Å². The molecule has 0 saturated carbocycles. The fourth-order valence-electron chi connectivity index (χ4n) is 7.71. The molecular weight excluding hydrogens is 677 g/mol. The van der Waals surface area contributed by atoms with Crippen molar-refractivity contribution in [2.75, 3.05) is 39.3 Å². The first-order valence-electron chi connectivity index (χ1n) is 25.2. The van der Waals surface area contributed by atoms with E-state index < -0.39 is 0 Å². The second-order valence-corrected chi connectivity index (χ2v) is 17.1. The van der Waals surface area contributed by atoms with E-state index in [-0.39, 0.29) is 11.8 Å². The minimum Gasteiger partial charge on any atom is -0.355 e. The Bertz CT molecular complexity index is 688. The SMILES string of the molecule is CCCCCCCCCCCCCCCCCCNCCNC(=O)CCCCCCCC(=O)NCCNCCCCCCCCCCCCCCCCCC. The summed E-state index contributed by atoms with van der Waals surface area (Å²) >= 11 is 0. The van der Waals surface area contributed by atoms with Crippen molar-refractivity contribution in [1.29, 1.82) is 0 Å². The lowest BCUT2D eigenvalue weighted by Crippen LogP contribution is -2.32. The zero-order valence-corrected chi connectivity index (χ0v) is 37.6. The van der Waals surface area contributed by atoms with Gasteiger partial charge >= 0.3 is 0 Å². The molecule has 0 aliphatic rings. The van der Waals surface area contributed by atoms with Gasteiger partial charge in [-0.25, -0.2) is 0 Å². The number of rotatable bonds is 48. The molecule has 0 unspecified atom stereocenters. The Hall–Kier alpha value is -1.14. The predicted molar refractivity (Wildman–Crippen MR) is 243 cm³/mol. The number of carbonyl (C=O) groups excluding carboxylic acids is 2. The Morgan fingerprint density at radius 3 is 0.727 bits per heavy atom. The molecule has 0 atom stereocenters. The largest absolute Gasteiger partial charge is 0.355 e. The van der Waals surface area contributed by atoms with E-state index in [1.54, 1.807) is 0 Å². The highest BCUT2D eigenvalue weighted by Gasteiger charge is 2.03. The molecule has 6 heteroatoms. The molecule has 55 heavy (non-hydrogen) atoms. The summed E-state index contributed by atoms with van der Waals surface area (Å²) in [6.45, 7) is 9.88. The fourth-order valence-corrected chi connectivity index (χ4v) is 7.71. The summed E-state index contributed by atoms with van der Waals surface area (Å²) in [5, 5.41) is 13.1. The van der Waals surface area contributed by atoms with Crippen molar-refractivity contribution in [2.45, 2.75) is 264 Å². The summed E-state index contributed by atoms with van der Waals surface area (Å²) in [6, 6.07) is 0. The van der Waals surface area contributed by atoms with Crippen LogP contribution in [0, 0.1) is 0 Å². The molecule has 0 heterocycles. The number of nitrogens with one attached hydrogen (secondary N) is 4. The maximum atomic E-state index is 12.1. The second-order valence-electron chi connectivity index (χ2n) is 17.1. The zero-order valence-electron chi connectivity index (χ0n) is 37.6. The van der Waals surface area contributed by atoms with Gasteiger partial charge in [0.15, 0.2) is 0 Å². The van der Waals surface area contributed by atoms with Crippen LogP contribution in [0.3, 0.4) is 0 Å². The highest BCUT2D eigenvalue weighted by Crippen LogP contribution is 2.15. The summed E-state index contributed by atoms with van der Waals surface area (Å²) in [6.07, 6.45) is 51.3. The van der Waals surface area contributed by atoms with Gasteiger partial charge in [-0.15, -0.1) is 0 Å². The van der Waals surface area contributed by atoms with Crippen LogP contribution in [0.1, 0.15) is 264 Å². The first kappa shape index (κ1) is 53.9. The van der Waals surface area contributed by atoms with E-state index in [1.807, 2.05) is 0 Å². The van der Waals surface area contributed by atoms with Gasteiger partial charge in [0.2, 0.25) is 11.8 Å². The van der Waals surface area contributed by atoms with Crippen LogP contribution in [-0.4, -0.2) is 51.1 Å². The molecule has 0 aliphatic heterocycles. The maximum absolute atomic E-state index is 12.1. The third kappa shape index (κ3) is 48.9. The van der Waals surface area contributed by atoms with E-state index in [4.69, 9.17) is 0 Å². The highest BCUT2D eigenvalue weighted by atomic mass is 16.2. The molecule has 0 saturated heterocycles. The third-order valence-corrected chi connectivity index (χ3v) is 11.5. The van der Waals surface area contributed by atoms with Crippen LogP contribution in [-0.2, 0) is 9.59 Å². The number of carbonyl (C=O) groups is 2. The summed E-state index contributed by atoms with van der Waals surface area (Å²) in [5.41, 5.74) is 0. The lowest BCUT2D eigenvalue weighted by atomic mass is 10.0. The first-order chi connectivity index (χ1) is 27.2. The van der Waals surface area contributed by atoms with E-state index in [0.717, 1.165) is 71.4 Å². The summed E-state index contributed by atoms with van der Waals surface area (Å²) in [5.74, 6) is 0.346. The van der Waals surface area contributed by atoms with E-state index >= 15 is 0 Å². The van der Waals surface area contributed by atoms with Gasteiger partial charge in [0, 0.05) is 39.0 Å². The van der Waals surface area contributed by atoms with Gasteiger partial charge in [0.05, 0.1) is 0 Å². The minimum atomic E-state index is 0.173. The van der Waals surface area contributed by atoms with Crippen LogP contribution in [0.25, 0.3) is 0 Å². The third-order valence-electron chi connectivity index (χ3n) is 11.5. The molecule has 6 nitrogen and oxygen atoms in total. The van der Waals surface area contributed by atoms with Gasteiger partial charge < -0.3 is 21.3 Å². The molecule has 0 aromatic heterocycles. The number of unbranched alkanes of at least 4 members (excludes halogenated alkanes) is 34. The topological polar surface area (TPSA) is 82.3 Å². The molecule has 0 spiro atoms. The Kier molecular flexibility index (Phi) is 48.0. The van der Waals surface area contributed by atoms with Crippen LogP contribution in [0.2, 0.25) is 0 Å². The molecule has 0 fully saturated rings. The first-order valence-corrected chi connectivity index (χ1v) is 25.2. The summed E-state index contributed by atoms with van der Waals surface area (Å²) < 4.78 is 0. The van der Waals surface area contributed by atoms with Crippen LogP contribution >= 0.6 is 0 Å². The van der Waals surface area contributed by atoms with Crippen molar-refractivity contribution in [3.63, 3.8) is 0 Å². The average Bonchev–Trinajstić information content (AvgIpc) is 3.19. The Morgan fingerprint density at radius 2 is 0.473 bits per heavy atom. The van der Waals surface area contributed by atoms with Crippen molar-refractivity contribution < 1.29 is 9.59 Å². The van der Waals surface area contributed by atoms with Gasteiger partial charge in [-0.3, -0.25) is 9.59 Å². The average molecular weight is 777 g/mol. The van der Waals surface area contributed by atoms with Crippen LogP contribution in [0.15, 0.2) is 0 Å². The number of hydrogen-bond donors (Lipinski definition) is 4. The predicted octanol–water partition coefficient (Wildman–Crippen LogP) is 13.7. The quantitative estimate of drug-likeness (QED) is 0.0464. The second kappa shape index (κ2) is 49.0. The lowest BCUT2D eigenvalue weighted by Gasteiger charge is -2.08. The Morgan fingerprint density at radius 1 is 0.255 bits per heavy atom. The van der Waals surface area contributed by atoms with Gasteiger partial charge in [-0.1, -0.05) is 226 Å². The summed E-state index contributed by atoms with van der Waals surface area (Å²) in [4.78, 5) is 24.3. The highest BCUT2D eigenvalue weighted by molar-refractivity contribution is 5.76. The van der Waals surface area contributed by atoms with Gasteiger partial charge in [-0.05, 0) is 38.8 Å². The molecule has 0 aliphatic carbocycles. The molecule has 0 aromatic rings. The molecular formula is C49H100N4O2. The fraction of sp³-hybridized carbons (Fsp3) is 0.959. The monoisotopic (exact) mass is 777 g/mol. The smallest absolute Gasteiger partial charge is 0.220 e. The molecule has 4 N–H and O–H groups in total. The Balaban J connectivity index is 3.23. The van der Waals surface area contributed by atoms with E-state index in [9.17, 15) is 9.59 Å². The van der Waals surface area contributed by atoms with Crippen LogP contribution in [0.4, 0.5) is 0 Å². The van der Waals surface area contributed by atoms with Crippen molar-refractivity contribution in [2.24, 2.45) is 0 Å². The standard InChI is InChI=1S/C49H100N4O2/c1-3-5-7-9-11-13-15-17-19-21-23-25-27-29-34-38-42-50-44-46-52-48(54)40-36-32-31-33-37-41-49(55)53-47-45-51-43-39-35-30-28-26-24-22-20-18-16-14-12-10-8-6-4-2/h50-51H,3-47H2,1-2H3,(H,52,54)(H,53,55). The van der Waals surface area contributed by atoms with E-state index in [1.165, 1.54) is 205 Å². The maximum Gasteiger partial charge on any atom is 0.220 e. The molecule has 328 valence electrons. The van der Waals surface area contributed by atoms with E-state index in [0.29, 0.717) is 12.8 Å². The van der Waals surface area contributed by atoms with Crippen molar-refractivity contribution in [1.82, 2.24) is 21.3 Å². The summed E-state index contributed by atoms with van der Waals surface area (Å²) in [7, 11) is 0. The Labute approximate surface area is 345 Å². The van der Waals surface area contributed by atoms with Crippen LogP contribution in [0.5, 0.6) is 0 Å². The number of amides is 2. The molecule has 0 bridgehead atoms. The lowest BCUT2D eigenvalue weighted by molar-refractivity contribution is -0.121. The van der Waals surface area contributed by atoms with Gasteiger partial charge in [0.1, 0.15) is 0 Å². The van der Waals surface area contributed by atoms with Gasteiger partial charge in [-0.2, -0.15) is 0 Å². The number of hydrogen-bond acceptors (Lipinski definition) is 4. The van der Waals surface area contributed by atoms with Crippen molar-refractivity contribution in [3.8, 4) is 0 Å². The molecule has 0 aromatic carbocycles. The van der Waals surface area contributed by atoms with Crippen molar-refractivity contribution >= 4 is 11.8 Å². The normalized spacial score (nSPS) is 11.4. The molecule has 0 radical (unpaired) electrons. The zero-order chi connectivity index (χ0) is 39.8.